The number of nitrogens with zero attached hydrogens (tertiary/aromatic N) is 2. The molecule has 1 aromatic rings. The van der Waals surface area contributed by atoms with Crippen LogP contribution in [0.3, 0.4) is 0 Å². The number of hydrogen-bond acceptors (Lipinski definition) is 3. The Labute approximate surface area is 114 Å². The highest BCUT2D eigenvalue weighted by Crippen LogP contribution is 2.22. The molecular formula is C14H24N4O. The van der Waals surface area contributed by atoms with Gasteiger partial charge < -0.3 is 4.57 Å². The van der Waals surface area contributed by atoms with Crippen molar-refractivity contribution in [3.05, 3.63) is 17.2 Å². The molecule has 0 fully saturated rings. The van der Waals surface area contributed by atoms with Crippen molar-refractivity contribution in [3.63, 3.8) is 0 Å². The van der Waals surface area contributed by atoms with Crippen LogP contribution >= 0.6 is 0 Å². The monoisotopic (exact) mass is 264 g/mol. The molecule has 5 heteroatoms. The smallest absolute Gasteiger partial charge is 0.233 e. The molecule has 0 radical (unpaired) electrons. The molecule has 0 aromatic carbocycles. The minimum atomic E-state index is -0.0730. The lowest BCUT2D eigenvalue weighted by Crippen LogP contribution is -2.29. The Morgan fingerprint density at radius 1 is 1.32 bits per heavy atom. The van der Waals surface area contributed by atoms with Crippen molar-refractivity contribution >= 4 is 5.91 Å². The van der Waals surface area contributed by atoms with Gasteiger partial charge in [-0.3, -0.25) is 10.2 Å². The summed E-state index contributed by atoms with van der Waals surface area (Å²) in [5.74, 6) is 6.12. The summed E-state index contributed by atoms with van der Waals surface area (Å²) in [6.45, 7) is 3.12. The topological polar surface area (TPSA) is 72.9 Å². The van der Waals surface area contributed by atoms with E-state index in [-0.39, 0.29) is 5.91 Å². The summed E-state index contributed by atoms with van der Waals surface area (Å²) in [6.07, 6.45) is 8.45. The molecule has 5 nitrogen and oxygen atoms in total. The van der Waals surface area contributed by atoms with E-state index in [1.807, 2.05) is 0 Å². The van der Waals surface area contributed by atoms with Crippen LogP contribution in [-0.4, -0.2) is 15.5 Å². The lowest BCUT2D eigenvalue weighted by Gasteiger charge is -2.14. The number of hydrogen-bond donors (Lipinski definition) is 2. The predicted molar refractivity (Wildman–Crippen MR) is 74.4 cm³/mol. The third kappa shape index (κ3) is 3.56. The quantitative estimate of drug-likeness (QED) is 0.355. The van der Waals surface area contributed by atoms with Crippen molar-refractivity contribution in [2.45, 2.75) is 64.8 Å². The van der Waals surface area contributed by atoms with Gasteiger partial charge in [-0.25, -0.2) is 10.8 Å². The third-order valence-electron chi connectivity index (χ3n) is 3.87. The Kier molecular flexibility index (Phi) is 4.96. The van der Waals surface area contributed by atoms with E-state index in [2.05, 4.69) is 21.9 Å². The van der Waals surface area contributed by atoms with Gasteiger partial charge in [-0.1, -0.05) is 6.42 Å². The van der Waals surface area contributed by atoms with Gasteiger partial charge in [-0.05, 0) is 45.4 Å². The number of nitrogens with two attached hydrogens (primary N) is 1. The van der Waals surface area contributed by atoms with Gasteiger partial charge in [0.1, 0.15) is 5.82 Å². The van der Waals surface area contributed by atoms with Crippen molar-refractivity contribution in [3.8, 4) is 0 Å². The molecule has 0 aliphatic heterocycles. The van der Waals surface area contributed by atoms with Gasteiger partial charge in [0.15, 0.2) is 0 Å². The van der Waals surface area contributed by atoms with Crippen molar-refractivity contribution in [1.29, 1.82) is 0 Å². The molecule has 0 unspecified atom stereocenters. The number of fused-ring (bicyclic) bond motifs is 1. The first-order valence-corrected chi connectivity index (χ1v) is 7.26. The molecule has 1 aromatic heterocycles. The SMILES string of the molecule is Cc1nc2c(n1CCCCCC(=O)NN)CCCC2. The lowest BCUT2D eigenvalue weighted by atomic mass is 10.0. The van der Waals surface area contributed by atoms with Crippen LogP contribution in [0.15, 0.2) is 0 Å². The molecule has 0 atom stereocenters. The second-order valence-corrected chi connectivity index (χ2v) is 5.29. The van der Waals surface area contributed by atoms with E-state index in [4.69, 9.17) is 5.84 Å². The summed E-state index contributed by atoms with van der Waals surface area (Å²) in [5, 5.41) is 0. The van der Waals surface area contributed by atoms with E-state index in [9.17, 15) is 4.79 Å². The molecule has 106 valence electrons. The Balaban J connectivity index is 1.80. The highest BCUT2D eigenvalue weighted by atomic mass is 16.2. The van der Waals surface area contributed by atoms with E-state index in [0.717, 1.165) is 38.1 Å². The lowest BCUT2D eigenvalue weighted by molar-refractivity contribution is -0.121. The number of aryl methyl sites for hydroxylation is 2. The zero-order chi connectivity index (χ0) is 13.7. The average molecular weight is 264 g/mol. The summed E-state index contributed by atoms with van der Waals surface area (Å²) in [6, 6.07) is 0. The summed E-state index contributed by atoms with van der Waals surface area (Å²) in [7, 11) is 0. The van der Waals surface area contributed by atoms with Crippen LogP contribution in [0.1, 0.15) is 55.7 Å². The molecular weight excluding hydrogens is 240 g/mol. The molecule has 1 amide bonds. The molecule has 19 heavy (non-hydrogen) atoms. The van der Waals surface area contributed by atoms with Crippen molar-refractivity contribution < 1.29 is 4.79 Å². The van der Waals surface area contributed by atoms with Gasteiger partial charge >= 0.3 is 0 Å². The first-order chi connectivity index (χ1) is 9.22. The Hall–Kier alpha value is -1.36. The highest BCUT2D eigenvalue weighted by molar-refractivity contribution is 5.74. The Morgan fingerprint density at radius 2 is 2.11 bits per heavy atom. The molecule has 0 saturated carbocycles. The van der Waals surface area contributed by atoms with Crippen molar-refractivity contribution in [2.75, 3.05) is 0 Å². The number of carbonyl (C=O) groups is 1. The molecule has 0 bridgehead atoms. The third-order valence-corrected chi connectivity index (χ3v) is 3.87. The first kappa shape index (κ1) is 14.1. The normalized spacial score (nSPS) is 14.2. The number of amides is 1. The van der Waals surface area contributed by atoms with E-state index in [0.29, 0.717) is 6.42 Å². The number of aromatic nitrogens is 2. The minimum Gasteiger partial charge on any atom is -0.332 e. The largest absolute Gasteiger partial charge is 0.332 e. The van der Waals surface area contributed by atoms with Crippen LogP contribution in [0.25, 0.3) is 0 Å². The molecule has 3 N–H and O–H groups in total. The molecule has 0 spiro atoms. The van der Waals surface area contributed by atoms with Crippen LogP contribution in [0.5, 0.6) is 0 Å². The van der Waals surface area contributed by atoms with Gasteiger partial charge in [0, 0.05) is 18.7 Å². The van der Waals surface area contributed by atoms with Crippen LogP contribution in [-0.2, 0) is 24.2 Å². The van der Waals surface area contributed by atoms with Gasteiger partial charge in [0.05, 0.1) is 5.69 Å². The maximum Gasteiger partial charge on any atom is 0.233 e. The van der Waals surface area contributed by atoms with Crippen LogP contribution in [0.2, 0.25) is 0 Å². The maximum atomic E-state index is 11.0. The van der Waals surface area contributed by atoms with Crippen molar-refractivity contribution in [2.24, 2.45) is 5.84 Å². The maximum absolute atomic E-state index is 11.0. The number of rotatable bonds is 6. The Bertz CT molecular complexity index is 439. The summed E-state index contributed by atoms with van der Waals surface area (Å²) >= 11 is 0. The first-order valence-electron chi connectivity index (χ1n) is 7.26. The van der Waals surface area contributed by atoms with E-state index in [1.54, 1.807) is 0 Å². The molecule has 0 saturated heterocycles. The molecule has 1 aliphatic rings. The number of carbonyl (C=O) groups excluding carboxylic acids is 1. The van der Waals surface area contributed by atoms with E-state index >= 15 is 0 Å². The van der Waals surface area contributed by atoms with Gasteiger partial charge in [-0.2, -0.15) is 0 Å². The minimum absolute atomic E-state index is 0.0730. The number of hydrazine groups is 1. The van der Waals surface area contributed by atoms with E-state index < -0.39 is 0 Å². The number of unbranched alkanes of at least 4 members (excludes halogenated alkanes) is 2. The fourth-order valence-electron chi connectivity index (χ4n) is 2.84. The summed E-state index contributed by atoms with van der Waals surface area (Å²) in [5.41, 5.74) is 4.92. The molecule has 1 aliphatic carbocycles. The second kappa shape index (κ2) is 6.70. The van der Waals surface area contributed by atoms with Gasteiger partial charge in [0.2, 0.25) is 5.91 Å². The zero-order valence-electron chi connectivity index (χ0n) is 11.7. The van der Waals surface area contributed by atoms with Crippen LogP contribution in [0.4, 0.5) is 0 Å². The summed E-state index contributed by atoms with van der Waals surface area (Å²) < 4.78 is 2.37. The van der Waals surface area contributed by atoms with Gasteiger partial charge in [0.25, 0.3) is 0 Å². The summed E-state index contributed by atoms with van der Waals surface area (Å²) in [4.78, 5) is 15.7. The van der Waals surface area contributed by atoms with Crippen molar-refractivity contribution in [1.82, 2.24) is 15.0 Å². The van der Waals surface area contributed by atoms with Gasteiger partial charge in [-0.15, -0.1) is 0 Å². The molecule has 2 rings (SSSR count). The Morgan fingerprint density at radius 3 is 2.89 bits per heavy atom. The number of imidazole rings is 1. The standard InChI is InChI=1S/C14H24N4O/c1-11-16-12-7-4-5-8-13(12)18(11)10-6-2-3-9-14(19)17-15/h2-10,15H2,1H3,(H,17,19). The van der Waals surface area contributed by atoms with Crippen LogP contribution < -0.4 is 11.3 Å². The fraction of sp³-hybridized carbons (Fsp3) is 0.714. The predicted octanol–water partition coefficient (Wildman–Crippen LogP) is 1.62. The van der Waals surface area contributed by atoms with E-state index in [1.165, 1.54) is 30.7 Å². The number of nitrogens with one attached hydrogen (secondary N) is 1. The fourth-order valence-corrected chi connectivity index (χ4v) is 2.84. The highest BCUT2D eigenvalue weighted by Gasteiger charge is 2.17. The molecule has 1 heterocycles. The average Bonchev–Trinajstić information content (AvgIpc) is 2.74. The van der Waals surface area contributed by atoms with Crippen LogP contribution in [0, 0.1) is 6.92 Å². The zero-order valence-corrected chi connectivity index (χ0v) is 11.7. The second-order valence-electron chi connectivity index (χ2n) is 5.29.